The van der Waals surface area contributed by atoms with Crippen LogP contribution in [-0.2, 0) is 4.74 Å². The Morgan fingerprint density at radius 1 is 1.33 bits per heavy atom. The molecule has 1 amide bonds. The van der Waals surface area contributed by atoms with Crippen LogP contribution in [0.4, 0.5) is 10.1 Å². The predicted octanol–water partition coefficient (Wildman–Crippen LogP) is 3.94. The molecule has 1 atom stereocenters. The van der Waals surface area contributed by atoms with Crippen LogP contribution in [0.2, 0.25) is 0 Å². The van der Waals surface area contributed by atoms with E-state index in [1.54, 1.807) is 30.3 Å². The number of amides is 1. The number of hydrogen-bond acceptors (Lipinski definition) is 3. The summed E-state index contributed by atoms with van der Waals surface area (Å²) in [5.74, 6) is -0.0649. The number of anilines is 1. The van der Waals surface area contributed by atoms with Crippen LogP contribution in [0.3, 0.4) is 0 Å². The van der Waals surface area contributed by atoms with Crippen molar-refractivity contribution in [1.82, 2.24) is 0 Å². The van der Waals surface area contributed by atoms with E-state index in [2.05, 4.69) is 5.32 Å². The number of rotatable bonds is 5. The van der Waals surface area contributed by atoms with Crippen molar-refractivity contribution in [2.45, 2.75) is 25.9 Å². The molecule has 1 saturated heterocycles. The van der Waals surface area contributed by atoms with Crippen molar-refractivity contribution in [3.63, 3.8) is 0 Å². The lowest BCUT2D eigenvalue weighted by molar-refractivity contribution is 0.0679. The van der Waals surface area contributed by atoms with Gasteiger partial charge in [-0.15, -0.1) is 0 Å². The van der Waals surface area contributed by atoms with E-state index in [4.69, 9.17) is 9.47 Å². The van der Waals surface area contributed by atoms with Gasteiger partial charge in [-0.25, -0.2) is 4.39 Å². The molecule has 0 aromatic heterocycles. The largest absolute Gasteiger partial charge is 0.491 e. The van der Waals surface area contributed by atoms with E-state index in [-0.39, 0.29) is 17.8 Å². The van der Waals surface area contributed by atoms with E-state index in [9.17, 15) is 9.18 Å². The van der Waals surface area contributed by atoms with Crippen molar-refractivity contribution in [3.8, 4) is 5.75 Å². The number of hydrogen-bond donors (Lipinski definition) is 1. The third kappa shape index (κ3) is 4.11. The molecule has 0 bridgehead atoms. The highest BCUT2D eigenvalue weighted by Crippen LogP contribution is 2.20. The lowest BCUT2D eigenvalue weighted by Gasteiger charge is -2.13. The summed E-state index contributed by atoms with van der Waals surface area (Å²) in [7, 11) is 0. The van der Waals surface area contributed by atoms with Crippen molar-refractivity contribution in [2.24, 2.45) is 0 Å². The minimum Gasteiger partial charge on any atom is -0.491 e. The molecule has 3 rings (SSSR count). The summed E-state index contributed by atoms with van der Waals surface area (Å²) in [6.45, 7) is 3.08. The molecule has 0 radical (unpaired) electrons. The molecule has 1 unspecified atom stereocenters. The van der Waals surface area contributed by atoms with Crippen molar-refractivity contribution >= 4 is 11.6 Å². The number of carbonyl (C=O) groups excluding carboxylic acids is 1. The average molecular weight is 329 g/mol. The summed E-state index contributed by atoms with van der Waals surface area (Å²) in [4.78, 5) is 12.4. The molecule has 1 N–H and O–H groups in total. The summed E-state index contributed by atoms with van der Waals surface area (Å²) in [6.07, 6.45) is 2.18. The van der Waals surface area contributed by atoms with Crippen molar-refractivity contribution < 1.29 is 18.7 Å². The smallest absolute Gasteiger partial charge is 0.255 e. The van der Waals surface area contributed by atoms with Gasteiger partial charge >= 0.3 is 0 Å². The first kappa shape index (κ1) is 16.5. The first-order valence-corrected chi connectivity index (χ1v) is 8.04. The molecule has 126 valence electrons. The fourth-order valence-corrected chi connectivity index (χ4v) is 2.62. The molecule has 0 spiro atoms. The van der Waals surface area contributed by atoms with Crippen LogP contribution in [0.15, 0.2) is 42.5 Å². The monoisotopic (exact) mass is 329 g/mol. The zero-order valence-corrected chi connectivity index (χ0v) is 13.5. The summed E-state index contributed by atoms with van der Waals surface area (Å²) < 4.78 is 24.6. The van der Waals surface area contributed by atoms with Crippen LogP contribution in [0.25, 0.3) is 0 Å². The third-order valence-corrected chi connectivity index (χ3v) is 4.00. The van der Waals surface area contributed by atoms with E-state index >= 15 is 0 Å². The molecular formula is C19H20FNO3. The molecule has 1 aliphatic rings. The molecule has 0 saturated carbocycles. The van der Waals surface area contributed by atoms with Crippen LogP contribution in [0.1, 0.15) is 28.8 Å². The molecule has 24 heavy (non-hydrogen) atoms. The fourth-order valence-electron chi connectivity index (χ4n) is 2.62. The highest BCUT2D eigenvalue weighted by Gasteiger charge is 2.16. The third-order valence-electron chi connectivity index (χ3n) is 4.00. The maximum atomic E-state index is 13.3. The predicted molar refractivity (Wildman–Crippen MR) is 90.0 cm³/mol. The quantitative estimate of drug-likeness (QED) is 0.904. The second kappa shape index (κ2) is 7.45. The van der Waals surface area contributed by atoms with E-state index in [1.165, 1.54) is 12.1 Å². The van der Waals surface area contributed by atoms with Gasteiger partial charge in [-0.2, -0.15) is 0 Å². The number of halogens is 1. The molecule has 4 nitrogen and oxygen atoms in total. The minimum atomic E-state index is -0.385. The lowest BCUT2D eigenvalue weighted by atomic mass is 10.1. The molecule has 2 aromatic carbocycles. The number of carbonyl (C=O) groups is 1. The van der Waals surface area contributed by atoms with Gasteiger partial charge in [0, 0.05) is 17.9 Å². The summed E-state index contributed by atoms with van der Waals surface area (Å²) in [5, 5.41) is 2.73. The standard InChI is InChI=1S/C19H20FNO3/c1-13-7-8-15(20)11-18(13)21-19(22)14-4-2-5-16(10-14)24-12-17-6-3-9-23-17/h2,4-5,7-8,10-11,17H,3,6,9,12H2,1H3,(H,21,22). The van der Waals surface area contributed by atoms with Crippen LogP contribution in [-0.4, -0.2) is 25.2 Å². The maximum absolute atomic E-state index is 13.3. The summed E-state index contributed by atoms with van der Waals surface area (Å²) in [5.41, 5.74) is 1.73. The summed E-state index contributed by atoms with van der Waals surface area (Å²) in [6, 6.07) is 11.3. The first-order valence-electron chi connectivity index (χ1n) is 8.04. The van der Waals surface area contributed by atoms with E-state index in [0.717, 1.165) is 25.0 Å². The molecule has 5 heteroatoms. The van der Waals surface area contributed by atoms with Crippen molar-refractivity contribution in [1.29, 1.82) is 0 Å². The fraction of sp³-hybridized carbons (Fsp3) is 0.316. The van der Waals surface area contributed by atoms with Crippen LogP contribution in [0.5, 0.6) is 5.75 Å². The van der Waals surface area contributed by atoms with Crippen molar-refractivity contribution in [3.05, 3.63) is 59.4 Å². The van der Waals surface area contributed by atoms with Gasteiger partial charge in [0.25, 0.3) is 5.91 Å². The first-order chi connectivity index (χ1) is 11.6. The normalized spacial score (nSPS) is 16.8. The Hall–Kier alpha value is -2.40. The molecule has 1 heterocycles. The number of benzene rings is 2. The van der Waals surface area contributed by atoms with Gasteiger partial charge in [-0.3, -0.25) is 4.79 Å². The van der Waals surface area contributed by atoms with Gasteiger partial charge in [0.05, 0.1) is 6.10 Å². The van der Waals surface area contributed by atoms with Crippen LogP contribution >= 0.6 is 0 Å². The van der Waals surface area contributed by atoms with Crippen LogP contribution in [0, 0.1) is 12.7 Å². The van der Waals surface area contributed by atoms with Gasteiger partial charge in [-0.05, 0) is 55.7 Å². The van der Waals surface area contributed by atoms with E-state index < -0.39 is 0 Å². The number of ether oxygens (including phenoxy) is 2. The number of nitrogens with one attached hydrogen (secondary N) is 1. The Balaban J connectivity index is 1.66. The highest BCUT2D eigenvalue weighted by molar-refractivity contribution is 6.04. The second-order valence-electron chi connectivity index (χ2n) is 5.89. The van der Waals surface area contributed by atoms with Gasteiger partial charge in [-0.1, -0.05) is 12.1 Å². The van der Waals surface area contributed by atoms with Gasteiger partial charge in [0.15, 0.2) is 0 Å². The number of aryl methyl sites for hydroxylation is 1. The van der Waals surface area contributed by atoms with Gasteiger partial charge < -0.3 is 14.8 Å². The maximum Gasteiger partial charge on any atom is 0.255 e. The molecular weight excluding hydrogens is 309 g/mol. The van der Waals surface area contributed by atoms with E-state index in [1.807, 2.05) is 6.92 Å². The second-order valence-corrected chi connectivity index (χ2v) is 5.89. The van der Waals surface area contributed by atoms with Crippen LogP contribution < -0.4 is 10.1 Å². The Kier molecular flexibility index (Phi) is 5.11. The SMILES string of the molecule is Cc1ccc(F)cc1NC(=O)c1cccc(OCC2CCCO2)c1. The van der Waals surface area contributed by atoms with Gasteiger partial charge in [0.2, 0.25) is 0 Å². The van der Waals surface area contributed by atoms with E-state index in [0.29, 0.717) is 23.6 Å². The molecule has 1 fully saturated rings. The Labute approximate surface area is 140 Å². The van der Waals surface area contributed by atoms with Crippen molar-refractivity contribution in [2.75, 3.05) is 18.5 Å². The Bertz CT molecular complexity index is 726. The Morgan fingerprint density at radius 2 is 2.21 bits per heavy atom. The van der Waals surface area contributed by atoms with Gasteiger partial charge in [0.1, 0.15) is 18.2 Å². The zero-order valence-electron chi connectivity index (χ0n) is 13.5. The summed E-state index contributed by atoms with van der Waals surface area (Å²) >= 11 is 0. The topological polar surface area (TPSA) is 47.6 Å². The zero-order chi connectivity index (χ0) is 16.9. The molecule has 2 aromatic rings. The lowest BCUT2D eigenvalue weighted by Crippen LogP contribution is -2.17. The highest BCUT2D eigenvalue weighted by atomic mass is 19.1. The molecule has 0 aliphatic carbocycles. The minimum absolute atomic E-state index is 0.123. The Morgan fingerprint density at radius 3 is 3.00 bits per heavy atom. The average Bonchev–Trinajstić information content (AvgIpc) is 3.10. The molecule has 1 aliphatic heterocycles.